The summed E-state index contributed by atoms with van der Waals surface area (Å²) in [4.78, 5) is 26.5. The van der Waals surface area contributed by atoms with E-state index >= 15 is 0 Å². The zero-order valence-corrected chi connectivity index (χ0v) is 18.9. The van der Waals surface area contributed by atoms with Gasteiger partial charge in [0.2, 0.25) is 5.91 Å². The van der Waals surface area contributed by atoms with E-state index in [2.05, 4.69) is 36.1 Å². The van der Waals surface area contributed by atoms with Gasteiger partial charge in [-0.05, 0) is 30.5 Å². The number of benzene rings is 2. The molecular weight excluding hydrogens is 396 g/mol. The lowest BCUT2D eigenvalue weighted by Gasteiger charge is -2.36. The van der Waals surface area contributed by atoms with Crippen LogP contribution in [0.15, 0.2) is 66.7 Å². The van der Waals surface area contributed by atoms with E-state index in [1.807, 2.05) is 54.3 Å². The molecule has 1 fully saturated rings. The third-order valence-corrected chi connectivity index (χ3v) is 5.85. The molecule has 0 unspecified atom stereocenters. The second-order valence-corrected chi connectivity index (χ2v) is 8.09. The summed E-state index contributed by atoms with van der Waals surface area (Å²) in [5.74, 6) is 1.88. The zero-order valence-electron chi connectivity index (χ0n) is 18.9. The van der Waals surface area contributed by atoms with Crippen molar-refractivity contribution in [1.29, 1.82) is 0 Å². The molecule has 2 heterocycles. The number of rotatable bonds is 6. The van der Waals surface area contributed by atoms with E-state index in [1.54, 1.807) is 6.08 Å². The number of aromatic nitrogens is 2. The molecule has 5 heteroatoms. The standard InChI is InChI=1S/C27H30N4O/c1-3-25-24(20-23-12-8-5-9-13-23)27(29-21(2)28-25)31-18-16-30(17-19-31)26(32)15-14-22-10-6-4-7-11-22/h4-15H,3,16-20H2,1-2H3. The van der Waals surface area contributed by atoms with E-state index in [9.17, 15) is 4.79 Å². The Hall–Kier alpha value is -3.47. The van der Waals surface area contributed by atoms with Crippen molar-refractivity contribution in [3.8, 4) is 0 Å². The van der Waals surface area contributed by atoms with Crippen LogP contribution >= 0.6 is 0 Å². The molecule has 1 amide bonds. The van der Waals surface area contributed by atoms with E-state index in [0.29, 0.717) is 13.1 Å². The normalized spacial score (nSPS) is 14.2. The van der Waals surface area contributed by atoms with Crippen LogP contribution in [-0.4, -0.2) is 47.0 Å². The van der Waals surface area contributed by atoms with Gasteiger partial charge < -0.3 is 9.80 Å². The first-order valence-corrected chi connectivity index (χ1v) is 11.3. The van der Waals surface area contributed by atoms with Gasteiger partial charge in [0.05, 0.1) is 0 Å². The predicted molar refractivity (Wildman–Crippen MR) is 130 cm³/mol. The minimum Gasteiger partial charge on any atom is -0.353 e. The maximum absolute atomic E-state index is 12.7. The lowest BCUT2D eigenvalue weighted by molar-refractivity contribution is -0.126. The molecule has 1 aromatic heterocycles. The molecule has 1 aliphatic heterocycles. The Bertz CT molecular complexity index is 1070. The summed E-state index contributed by atoms with van der Waals surface area (Å²) in [5.41, 5.74) is 4.61. The maximum Gasteiger partial charge on any atom is 0.246 e. The van der Waals surface area contributed by atoms with Crippen molar-refractivity contribution in [3.05, 3.63) is 94.9 Å². The molecule has 0 saturated carbocycles. The molecule has 32 heavy (non-hydrogen) atoms. The Kier molecular flexibility index (Phi) is 6.95. The number of aryl methyl sites for hydroxylation is 2. The second kappa shape index (κ2) is 10.2. The summed E-state index contributed by atoms with van der Waals surface area (Å²) in [6.45, 7) is 7.03. The first-order chi connectivity index (χ1) is 15.6. The van der Waals surface area contributed by atoms with Crippen LogP contribution in [0.2, 0.25) is 0 Å². The predicted octanol–water partition coefficient (Wildman–Crippen LogP) is 4.30. The summed E-state index contributed by atoms with van der Waals surface area (Å²) in [6.07, 6.45) is 5.25. The Balaban J connectivity index is 1.48. The Morgan fingerprint density at radius 2 is 1.59 bits per heavy atom. The Labute approximate surface area is 190 Å². The van der Waals surface area contributed by atoms with Crippen molar-refractivity contribution in [1.82, 2.24) is 14.9 Å². The summed E-state index contributed by atoms with van der Waals surface area (Å²) in [7, 11) is 0. The number of nitrogens with zero attached hydrogens (tertiary/aromatic N) is 4. The number of carbonyl (C=O) groups is 1. The average molecular weight is 427 g/mol. The Morgan fingerprint density at radius 3 is 2.25 bits per heavy atom. The van der Waals surface area contributed by atoms with Gasteiger partial charge in [-0.15, -0.1) is 0 Å². The first kappa shape index (κ1) is 21.8. The number of piperazine rings is 1. The third kappa shape index (κ3) is 5.22. The quantitative estimate of drug-likeness (QED) is 0.552. The molecule has 4 rings (SSSR count). The number of anilines is 1. The molecule has 0 atom stereocenters. The number of amides is 1. The van der Waals surface area contributed by atoms with Crippen LogP contribution < -0.4 is 4.90 Å². The fourth-order valence-corrected chi connectivity index (χ4v) is 4.15. The van der Waals surface area contributed by atoms with Gasteiger partial charge in [-0.3, -0.25) is 4.79 Å². The van der Waals surface area contributed by atoms with Gasteiger partial charge in [0.25, 0.3) is 0 Å². The maximum atomic E-state index is 12.7. The summed E-state index contributed by atoms with van der Waals surface area (Å²) >= 11 is 0. The zero-order chi connectivity index (χ0) is 22.3. The average Bonchev–Trinajstić information content (AvgIpc) is 2.84. The lowest BCUT2D eigenvalue weighted by atomic mass is 10.0. The van der Waals surface area contributed by atoms with Crippen LogP contribution in [0.5, 0.6) is 0 Å². The summed E-state index contributed by atoms with van der Waals surface area (Å²) in [5, 5.41) is 0. The van der Waals surface area contributed by atoms with Crippen LogP contribution in [0.25, 0.3) is 6.08 Å². The fraction of sp³-hybridized carbons (Fsp3) is 0.296. The first-order valence-electron chi connectivity index (χ1n) is 11.3. The molecule has 1 saturated heterocycles. The molecule has 1 aliphatic rings. The van der Waals surface area contributed by atoms with Gasteiger partial charge in [-0.1, -0.05) is 67.6 Å². The molecule has 0 N–H and O–H groups in total. The highest BCUT2D eigenvalue weighted by Crippen LogP contribution is 2.26. The molecule has 2 aromatic carbocycles. The van der Waals surface area contributed by atoms with Crippen LogP contribution in [0, 0.1) is 6.92 Å². The van der Waals surface area contributed by atoms with Gasteiger partial charge >= 0.3 is 0 Å². The van der Waals surface area contributed by atoms with Crippen molar-refractivity contribution < 1.29 is 4.79 Å². The molecular formula is C27H30N4O. The molecule has 0 aliphatic carbocycles. The van der Waals surface area contributed by atoms with E-state index in [1.165, 1.54) is 11.1 Å². The SMILES string of the molecule is CCc1nc(C)nc(N2CCN(C(=O)C=Cc3ccccc3)CC2)c1Cc1ccccc1. The van der Waals surface area contributed by atoms with Crippen LogP contribution in [0.4, 0.5) is 5.82 Å². The van der Waals surface area contributed by atoms with Crippen molar-refractivity contribution in [2.75, 3.05) is 31.1 Å². The van der Waals surface area contributed by atoms with E-state index in [0.717, 1.165) is 48.8 Å². The monoisotopic (exact) mass is 426 g/mol. The fourth-order valence-electron chi connectivity index (χ4n) is 4.15. The van der Waals surface area contributed by atoms with Gasteiger partial charge in [0.1, 0.15) is 11.6 Å². The summed E-state index contributed by atoms with van der Waals surface area (Å²) in [6, 6.07) is 20.4. The number of carbonyl (C=O) groups excluding carboxylic acids is 1. The second-order valence-electron chi connectivity index (χ2n) is 8.09. The van der Waals surface area contributed by atoms with Crippen molar-refractivity contribution in [2.24, 2.45) is 0 Å². The minimum atomic E-state index is 0.0612. The summed E-state index contributed by atoms with van der Waals surface area (Å²) < 4.78 is 0. The van der Waals surface area contributed by atoms with E-state index in [4.69, 9.17) is 9.97 Å². The molecule has 164 valence electrons. The molecule has 3 aromatic rings. The lowest BCUT2D eigenvalue weighted by Crippen LogP contribution is -2.49. The van der Waals surface area contributed by atoms with Gasteiger partial charge in [0.15, 0.2) is 0 Å². The largest absolute Gasteiger partial charge is 0.353 e. The highest BCUT2D eigenvalue weighted by atomic mass is 16.2. The topological polar surface area (TPSA) is 49.3 Å². The van der Waals surface area contributed by atoms with Crippen LogP contribution in [-0.2, 0) is 17.6 Å². The minimum absolute atomic E-state index is 0.0612. The van der Waals surface area contributed by atoms with E-state index in [-0.39, 0.29) is 5.91 Å². The van der Waals surface area contributed by atoms with Crippen molar-refractivity contribution >= 4 is 17.8 Å². The van der Waals surface area contributed by atoms with Gasteiger partial charge in [-0.25, -0.2) is 9.97 Å². The van der Waals surface area contributed by atoms with Crippen molar-refractivity contribution in [3.63, 3.8) is 0 Å². The highest BCUT2D eigenvalue weighted by molar-refractivity contribution is 5.92. The molecule has 0 bridgehead atoms. The van der Waals surface area contributed by atoms with Crippen LogP contribution in [0.1, 0.15) is 35.1 Å². The van der Waals surface area contributed by atoms with E-state index < -0.39 is 0 Å². The molecule has 5 nitrogen and oxygen atoms in total. The van der Waals surface area contributed by atoms with Crippen molar-refractivity contribution in [2.45, 2.75) is 26.7 Å². The molecule has 0 spiro atoms. The Morgan fingerprint density at radius 1 is 0.938 bits per heavy atom. The number of hydrogen-bond donors (Lipinski definition) is 0. The van der Waals surface area contributed by atoms with Gasteiger partial charge in [0, 0.05) is 49.9 Å². The van der Waals surface area contributed by atoms with Gasteiger partial charge in [-0.2, -0.15) is 0 Å². The smallest absolute Gasteiger partial charge is 0.246 e. The van der Waals surface area contributed by atoms with Crippen LogP contribution in [0.3, 0.4) is 0 Å². The highest BCUT2D eigenvalue weighted by Gasteiger charge is 2.24. The molecule has 0 radical (unpaired) electrons. The number of hydrogen-bond acceptors (Lipinski definition) is 4. The third-order valence-electron chi connectivity index (χ3n) is 5.85.